The van der Waals surface area contributed by atoms with E-state index in [9.17, 15) is 0 Å². The predicted octanol–water partition coefficient (Wildman–Crippen LogP) is 4.73. The van der Waals surface area contributed by atoms with Crippen LogP contribution in [0.5, 0.6) is 0 Å². The standard InChI is InChI=1S/C19H22N4S2/c1-13(2)18-20-19(24)23(21-18)12-22-10-8-16-15(9-11-25-16)17(22)14-6-4-3-5-7-14/h3-7,9,11,13,17H,8,10,12H2,1-2H3,(H,20,21,24). The van der Waals surface area contributed by atoms with Crippen LogP contribution in [0.15, 0.2) is 41.8 Å². The predicted molar refractivity (Wildman–Crippen MR) is 105 cm³/mol. The van der Waals surface area contributed by atoms with Crippen molar-refractivity contribution in [2.45, 2.75) is 38.9 Å². The number of aromatic nitrogens is 3. The molecule has 0 radical (unpaired) electrons. The van der Waals surface area contributed by atoms with E-state index in [2.05, 4.69) is 70.6 Å². The van der Waals surface area contributed by atoms with Gasteiger partial charge in [-0.25, -0.2) is 9.67 Å². The molecule has 6 heteroatoms. The Hall–Kier alpha value is -1.76. The van der Waals surface area contributed by atoms with E-state index in [0.717, 1.165) is 25.5 Å². The number of hydrogen-bond donors (Lipinski definition) is 1. The summed E-state index contributed by atoms with van der Waals surface area (Å²) in [6, 6.07) is 13.3. The molecule has 1 atom stereocenters. The number of benzene rings is 1. The summed E-state index contributed by atoms with van der Waals surface area (Å²) in [4.78, 5) is 8.49. The monoisotopic (exact) mass is 370 g/mol. The number of aromatic amines is 1. The van der Waals surface area contributed by atoms with Crippen LogP contribution in [0.3, 0.4) is 0 Å². The zero-order chi connectivity index (χ0) is 17.4. The molecule has 1 unspecified atom stereocenters. The molecule has 0 fully saturated rings. The number of H-pyrrole nitrogens is 1. The van der Waals surface area contributed by atoms with Gasteiger partial charge in [-0.2, -0.15) is 0 Å². The van der Waals surface area contributed by atoms with E-state index in [4.69, 9.17) is 12.2 Å². The van der Waals surface area contributed by atoms with Gasteiger partial charge in [0.1, 0.15) is 5.82 Å². The van der Waals surface area contributed by atoms with Crippen LogP contribution < -0.4 is 0 Å². The second-order valence-corrected chi connectivity index (χ2v) is 8.16. The lowest BCUT2D eigenvalue weighted by Gasteiger charge is -2.36. The lowest BCUT2D eigenvalue weighted by atomic mass is 9.94. The first-order chi connectivity index (χ1) is 12.1. The quantitative estimate of drug-likeness (QED) is 0.675. The summed E-state index contributed by atoms with van der Waals surface area (Å²) >= 11 is 7.34. The van der Waals surface area contributed by atoms with Gasteiger partial charge in [-0.15, -0.1) is 11.3 Å². The number of rotatable bonds is 4. The highest BCUT2D eigenvalue weighted by molar-refractivity contribution is 7.71. The Morgan fingerprint density at radius 3 is 2.80 bits per heavy atom. The van der Waals surface area contributed by atoms with E-state index in [1.165, 1.54) is 16.0 Å². The summed E-state index contributed by atoms with van der Waals surface area (Å²) in [7, 11) is 0. The Morgan fingerprint density at radius 1 is 1.28 bits per heavy atom. The molecule has 4 nitrogen and oxygen atoms in total. The molecule has 0 saturated carbocycles. The Kier molecular flexibility index (Phi) is 4.58. The van der Waals surface area contributed by atoms with Crippen molar-refractivity contribution in [3.8, 4) is 0 Å². The van der Waals surface area contributed by atoms with Crippen molar-refractivity contribution in [1.29, 1.82) is 0 Å². The molecule has 4 rings (SSSR count). The van der Waals surface area contributed by atoms with Gasteiger partial charge in [0.05, 0.1) is 12.7 Å². The molecule has 1 aliphatic rings. The van der Waals surface area contributed by atoms with Crippen LogP contribution in [0.2, 0.25) is 0 Å². The maximum absolute atomic E-state index is 5.47. The lowest BCUT2D eigenvalue weighted by molar-refractivity contribution is 0.156. The average molecular weight is 371 g/mol. The molecule has 1 aromatic carbocycles. The summed E-state index contributed by atoms with van der Waals surface area (Å²) in [5, 5.41) is 5.59. The molecule has 2 aromatic heterocycles. The van der Waals surface area contributed by atoms with E-state index in [0.29, 0.717) is 10.7 Å². The number of nitrogens with one attached hydrogen (secondary N) is 1. The fourth-order valence-corrected chi connectivity index (χ4v) is 4.56. The van der Waals surface area contributed by atoms with Gasteiger partial charge < -0.3 is 0 Å². The number of fused-ring (bicyclic) bond motifs is 1. The molecule has 3 aromatic rings. The van der Waals surface area contributed by atoms with Gasteiger partial charge in [-0.1, -0.05) is 44.2 Å². The van der Waals surface area contributed by atoms with E-state index in [1.807, 2.05) is 16.0 Å². The van der Waals surface area contributed by atoms with Gasteiger partial charge in [-0.3, -0.25) is 10.00 Å². The fourth-order valence-electron chi connectivity index (χ4n) is 3.46. The normalized spacial score (nSPS) is 17.8. The summed E-state index contributed by atoms with van der Waals surface area (Å²) in [5.41, 5.74) is 2.76. The zero-order valence-electron chi connectivity index (χ0n) is 14.5. The largest absolute Gasteiger partial charge is 0.282 e. The topological polar surface area (TPSA) is 36.9 Å². The van der Waals surface area contributed by atoms with Crippen LogP contribution in [0.1, 0.15) is 47.6 Å². The molecule has 0 bridgehead atoms. The second-order valence-electron chi connectivity index (χ2n) is 6.79. The Morgan fingerprint density at radius 2 is 2.08 bits per heavy atom. The first-order valence-corrected chi connectivity index (χ1v) is 9.94. The zero-order valence-corrected chi connectivity index (χ0v) is 16.1. The summed E-state index contributed by atoms with van der Waals surface area (Å²) in [6.07, 6.45) is 1.09. The van der Waals surface area contributed by atoms with E-state index in [1.54, 1.807) is 0 Å². The second kappa shape index (κ2) is 6.86. The molecular formula is C19H22N4S2. The van der Waals surface area contributed by atoms with Crippen LogP contribution >= 0.6 is 23.6 Å². The van der Waals surface area contributed by atoms with Crippen LogP contribution in [0, 0.1) is 4.77 Å². The minimum absolute atomic E-state index is 0.267. The summed E-state index contributed by atoms with van der Waals surface area (Å²) in [5.74, 6) is 1.30. The van der Waals surface area contributed by atoms with Crippen molar-refractivity contribution >= 4 is 23.6 Å². The summed E-state index contributed by atoms with van der Waals surface area (Å²) < 4.78 is 2.63. The molecule has 130 valence electrons. The number of thiophene rings is 1. The minimum atomic E-state index is 0.267. The van der Waals surface area contributed by atoms with Crippen molar-refractivity contribution in [2.75, 3.05) is 6.54 Å². The first kappa shape index (κ1) is 16.7. The van der Waals surface area contributed by atoms with Crippen LogP contribution in [0.25, 0.3) is 0 Å². The van der Waals surface area contributed by atoms with E-state index >= 15 is 0 Å². The molecule has 1 N–H and O–H groups in total. The maximum atomic E-state index is 5.47. The van der Waals surface area contributed by atoms with E-state index in [-0.39, 0.29) is 6.04 Å². The molecule has 0 amide bonds. The smallest absolute Gasteiger partial charge is 0.217 e. The van der Waals surface area contributed by atoms with Gasteiger partial charge in [0.15, 0.2) is 0 Å². The number of nitrogens with zero attached hydrogens (tertiary/aromatic N) is 3. The molecule has 0 saturated heterocycles. The molecular weight excluding hydrogens is 348 g/mol. The Labute approximate surface area is 157 Å². The third-order valence-electron chi connectivity index (χ3n) is 4.75. The van der Waals surface area contributed by atoms with Crippen LogP contribution in [-0.4, -0.2) is 26.2 Å². The Balaban J connectivity index is 1.70. The third-order valence-corrected chi connectivity index (χ3v) is 6.06. The van der Waals surface area contributed by atoms with Gasteiger partial charge in [0.2, 0.25) is 4.77 Å². The SMILES string of the molecule is CC(C)c1nc(=S)n(CN2CCc3sccc3C2c2ccccc2)[nH]1. The molecule has 3 heterocycles. The molecule has 0 aliphatic carbocycles. The molecule has 1 aliphatic heterocycles. The highest BCUT2D eigenvalue weighted by atomic mass is 32.1. The van der Waals surface area contributed by atoms with Gasteiger partial charge in [0.25, 0.3) is 0 Å². The highest BCUT2D eigenvalue weighted by Crippen LogP contribution is 2.37. The van der Waals surface area contributed by atoms with Crippen molar-refractivity contribution in [2.24, 2.45) is 0 Å². The third kappa shape index (κ3) is 3.21. The van der Waals surface area contributed by atoms with Crippen LogP contribution in [-0.2, 0) is 13.1 Å². The fraction of sp³-hybridized carbons (Fsp3) is 0.368. The maximum Gasteiger partial charge on any atom is 0.217 e. The average Bonchev–Trinajstić information content (AvgIpc) is 3.22. The number of hydrogen-bond acceptors (Lipinski definition) is 4. The first-order valence-electron chi connectivity index (χ1n) is 8.65. The van der Waals surface area contributed by atoms with Gasteiger partial charge in [-0.05, 0) is 41.2 Å². The van der Waals surface area contributed by atoms with Crippen LogP contribution in [0.4, 0.5) is 0 Å². The van der Waals surface area contributed by atoms with Crippen molar-refractivity contribution in [3.05, 3.63) is 68.4 Å². The van der Waals surface area contributed by atoms with Gasteiger partial charge >= 0.3 is 0 Å². The minimum Gasteiger partial charge on any atom is -0.282 e. The van der Waals surface area contributed by atoms with Crippen molar-refractivity contribution in [1.82, 2.24) is 19.7 Å². The lowest BCUT2D eigenvalue weighted by Crippen LogP contribution is -2.37. The van der Waals surface area contributed by atoms with Gasteiger partial charge in [0, 0.05) is 17.3 Å². The van der Waals surface area contributed by atoms with E-state index < -0.39 is 0 Å². The highest BCUT2D eigenvalue weighted by Gasteiger charge is 2.30. The van der Waals surface area contributed by atoms with Crippen molar-refractivity contribution < 1.29 is 0 Å². The molecule has 0 spiro atoms. The Bertz CT molecular complexity index is 907. The molecule has 25 heavy (non-hydrogen) atoms. The van der Waals surface area contributed by atoms with Crippen molar-refractivity contribution in [3.63, 3.8) is 0 Å². The summed E-state index contributed by atoms with van der Waals surface area (Å²) in [6.45, 7) is 6.00.